The summed E-state index contributed by atoms with van der Waals surface area (Å²) >= 11 is 1.19. The summed E-state index contributed by atoms with van der Waals surface area (Å²) < 4.78 is 1.35. The van der Waals surface area contributed by atoms with Crippen LogP contribution in [-0.4, -0.2) is 26.2 Å². The van der Waals surface area contributed by atoms with Gasteiger partial charge in [-0.05, 0) is 24.2 Å². The second-order valence-electron chi connectivity index (χ2n) is 4.37. The molecule has 1 heterocycles. The topological polar surface area (TPSA) is 106 Å². The molecule has 0 saturated carbocycles. The number of non-ortho nitro benzene ring substituents is 1. The zero-order valence-electron chi connectivity index (χ0n) is 11.6. The lowest BCUT2D eigenvalue weighted by atomic mass is 10.2. The van der Waals surface area contributed by atoms with E-state index in [-0.39, 0.29) is 11.4 Å². The van der Waals surface area contributed by atoms with Crippen LogP contribution >= 0.6 is 11.8 Å². The molecule has 0 amide bonds. The van der Waals surface area contributed by atoms with E-state index >= 15 is 0 Å². The third-order valence-electron chi connectivity index (χ3n) is 2.73. The van der Waals surface area contributed by atoms with Crippen molar-refractivity contribution in [3.05, 3.63) is 38.8 Å². The van der Waals surface area contributed by atoms with Crippen molar-refractivity contribution >= 4 is 23.1 Å². The van der Waals surface area contributed by atoms with Crippen LogP contribution in [0.3, 0.4) is 0 Å². The summed E-state index contributed by atoms with van der Waals surface area (Å²) in [6, 6.07) is 4.75. The van der Waals surface area contributed by atoms with Crippen molar-refractivity contribution in [2.24, 2.45) is 7.05 Å². The molecule has 2 N–H and O–H groups in total. The highest BCUT2D eigenvalue weighted by Gasteiger charge is 2.13. The number of nitro benzene ring substituents is 1. The average Bonchev–Trinajstić information content (AvgIpc) is 2.77. The SMILES string of the molecule is CCCNc1cc(Sc2n[nH]c(=O)n2C)cc([N+](=O)[O-])c1. The highest BCUT2D eigenvalue weighted by atomic mass is 32.2. The summed E-state index contributed by atoms with van der Waals surface area (Å²) in [6.07, 6.45) is 0.916. The molecular formula is C12H15N5O3S. The van der Waals surface area contributed by atoms with E-state index in [0.717, 1.165) is 13.0 Å². The van der Waals surface area contributed by atoms with Crippen molar-refractivity contribution in [1.82, 2.24) is 14.8 Å². The number of nitrogens with one attached hydrogen (secondary N) is 2. The lowest BCUT2D eigenvalue weighted by Gasteiger charge is -2.07. The molecule has 0 fully saturated rings. The molecule has 0 aliphatic heterocycles. The Morgan fingerprint density at radius 3 is 2.81 bits per heavy atom. The summed E-state index contributed by atoms with van der Waals surface area (Å²) in [4.78, 5) is 22.5. The summed E-state index contributed by atoms with van der Waals surface area (Å²) in [6.45, 7) is 2.74. The molecular weight excluding hydrogens is 294 g/mol. The minimum atomic E-state index is -0.440. The Bertz CT molecular complexity index is 709. The van der Waals surface area contributed by atoms with Gasteiger partial charge in [-0.15, -0.1) is 5.10 Å². The zero-order valence-corrected chi connectivity index (χ0v) is 12.4. The minimum Gasteiger partial charge on any atom is -0.385 e. The van der Waals surface area contributed by atoms with Gasteiger partial charge < -0.3 is 5.32 Å². The van der Waals surface area contributed by atoms with Crippen LogP contribution in [0.5, 0.6) is 0 Å². The molecule has 112 valence electrons. The Balaban J connectivity index is 2.33. The molecule has 1 aromatic carbocycles. The van der Waals surface area contributed by atoms with Gasteiger partial charge in [-0.25, -0.2) is 9.89 Å². The Kier molecular flexibility index (Phi) is 4.63. The lowest BCUT2D eigenvalue weighted by Crippen LogP contribution is -2.12. The van der Waals surface area contributed by atoms with E-state index < -0.39 is 4.92 Å². The average molecular weight is 309 g/mol. The van der Waals surface area contributed by atoms with Crippen molar-refractivity contribution in [2.75, 3.05) is 11.9 Å². The third kappa shape index (κ3) is 3.63. The van der Waals surface area contributed by atoms with Gasteiger partial charge in [0.15, 0.2) is 5.16 Å². The predicted octanol–water partition coefficient (Wildman–Crippen LogP) is 1.99. The Morgan fingerprint density at radius 2 is 2.24 bits per heavy atom. The van der Waals surface area contributed by atoms with Crippen LogP contribution in [0.4, 0.5) is 11.4 Å². The largest absolute Gasteiger partial charge is 0.385 e. The van der Waals surface area contributed by atoms with Crippen LogP contribution in [0.1, 0.15) is 13.3 Å². The molecule has 9 heteroatoms. The maximum atomic E-state index is 11.3. The fourth-order valence-corrected chi connectivity index (χ4v) is 2.54. The van der Waals surface area contributed by atoms with E-state index in [4.69, 9.17) is 0 Å². The number of hydrogen-bond acceptors (Lipinski definition) is 6. The summed E-state index contributed by atoms with van der Waals surface area (Å²) in [5, 5.41) is 20.8. The van der Waals surface area contributed by atoms with Gasteiger partial charge in [-0.2, -0.15) is 0 Å². The Hall–Kier alpha value is -2.29. The van der Waals surface area contributed by atoms with Gasteiger partial charge in [0.25, 0.3) is 5.69 Å². The highest BCUT2D eigenvalue weighted by Crippen LogP contribution is 2.31. The first-order valence-corrected chi connectivity index (χ1v) is 7.15. The third-order valence-corrected chi connectivity index (χ3v) is 3.75. The second kappa shape index (κ2) is 6.44. The molecule has 0 aliphatic rings. The van der Waals surface area contributed by atoms with Crippen LogP contribution in [-0.2, 0) is 7.05 Å². The molecule has 0 atom stereocenters. The zero-order chi connectivity index (χ0) is 15.4. The van der Waals surface area contributed by atoms with Gasteiger partial charge in [0.1, 0.15) is 0 Å². The number of hydrogen-bond donors (Lipinski definition) is 2. The van der Waals surface area contributed by atoms with E-state index in [1.807, 2.05) is 6.92 Å². The number of nitro groups is 1. The smallest absolute Gasteiger partial charge is 0.343 e. The second-order valence-corrected chi connectivity index (χ2v) is 5.41. The summed E-state index contributed by atoms with van der Waals surface area (Å²) in [5.41, 5.74) is 0.348. The first kappa shape index (κ1) is 15.1. The predicted molar refractivity (Wildman–Crippen MR) is 79.8 cm³/mol. The highest BCUT2D eigenvalue weighted by molar-refractivity contribution is 7.99. The van der Waals surface area contributed by atoms with Crippen LogP contribution in [0.25, 0.3) is 0 Å². The van der Waals surface area contributed by atoms with Crippen molar-refractivity contribution in [1.29, 1.82) is 0 Å². The number of aromatic nitrogens is 3. The number of H-pyrrole nitrogens is 1. The number of aromatic amines is 1. The van der Waals surface area contributed by atoms with Crippen LogP contribution in [0.2, 0.25) is 0 Å². The number of anilines is 1. The van der Waals surface area contributed by atoms with E-state index in [0.29, 0.717) is 15.7 Å². The Morgan fingerprint density at radius 1 is 1.48 bits per heavy atom. The number of rotatable bonds is 6. The van der Waals surface area contributed by atoms with Crippen molar-refractivity contribution < 1.29 is 4.92 Å². The molecule has 21 heavy (non-hydrogen) atoms. The van der Waals surface area contributed by atoms with Crippen molar-refractivity contribution in [3.63, 3.8) is 0 Å². The molecule has 1 aromatic heterocycles. The first-order chi connectivity index (χ1) is 10.0. The number of nitrogens with zero attached hydrogens (tertiary/aromatic N) is 3. The maximum Gasteiger partial charge on any atom is 0.343 e. The van der Waals surface area contributed by atoms with E-state index in [1.54, 1.807) is 13.1 Å². The van der Waals surface area contributed by atoms with Gasteiger partial charge in [-0.3, -0.25) is 14.7 Å². The van der Waals surface area contributed by atoms with Gasteiger partial charge >= 0.3 is 5.69 Å². The standard InChI is InChI=1S/C12H15N5O3S/c1-3-4-13-8-5-9(17(19)20)7-10(6-8)21-12-15-14-11(18)16(12)2/h5-7,13H,3-4H2,1-2H3,(H,14,18). The van der Waals surface area contributed by atoms with Gasteiger partial charge in [0.2, 0.25) is 0 Å². The minimum absolute atomic E-state index is 0.000797. The molecule has 2 rings (SSSR count). The molecule has 0 spiro atoms. The molecule has 0 aliphatic carbocycles. The van der Waals surface area contributed by atoms with Crippen molar-refractivity contribution in [3.8, 4) is 0 Å². The number of benzene rings is 1. The fourth-order valence-electron chi connectivity index (χ4n) is 1.65. The van der Waals surface area contributed by atoms with Crippen LogP contribution in [0.15, 0.2) is 33.0 Å². The Labute approximate surface area is 124 Å². The maximum absolute atomic E-state index is 11.3. The van der Waals surface area contributed by atoms with Crippen LogP contribution < -0.4 is 11.0 Å². The summed E-state index contributed by atoms with van der Waals surface area (Å²) in [5.74, 6) is 0. The van der Waals surface area contributed by atoms with E-state index in [9.17, 15) is 14.9 Å². The fraction of sp³-hybridized carbons (Fsp3) is 0.333. The molecule has 0 saturated heterocycles. The van der Waals surface area contributed by atoms with Gasteiger partial charge in [-0.1, -0.05) is 6.92 Å². The van der Waals surface area contributed by atoms with Crippen molar-refractivity contribution in [2.45, 2.75) is 23.4 Å². The molecule has 0 unspecified atom stereocenters. The quantitative estimate of drug-likeness (QED) is 0.624. The molecule has 2 aromatic rings. The van der Waals surface area contributed by atoms with Crippen LogP contribution in [0, 0.1) is 10.1 Å². The molecule has 8 nitrogen and oxygen atoms in total. The summed E-state index contributed by atoms with van der Waals surface area (Å²) in [7, 11) is 1.59. The first-order valence-electron chi connectivity index (χ1n) is 6.34. The van der Waals surface area contributed by atoms with E-state index in [1.165, 1.54) is 28.5 Å². The molecule has 0 radical (unpaired) electrons. The van der Waals surface area contributed by atoms with Gasteiger partial charge in [0.05, 0.1) is 4.92 Å². The van der Waals surface area contributed by atoms with Gasteiger partial charge in [0, 0.05) is 36.3 Å². The van der Waals surface area contributed by atoms with E-state index in [2.05, 4.69) is 15.5 Å². The molecule has 0 bridgehead atoms. The monoisotopic (exact) mass is 309 g/mol. The normalized spacial score (nSPS) is 10.6. The lowest BCUT2D eigenvalue weighted by molar-refractivity contribution is -0.385.